The maximum absolute atomic E-state index is 5.03. The van der Waals surface area contributed by atoms with Crippen LogP contribution in [-0.4, -0.2) is 18.0 Å². The quantitative estimate of drug-likeness (QED) is 0.123. The second-order valence-electron chi connectivity index (χ2n) is 16.8. The molecule has 14 rings (SSSR count). The van der Waals surface area contributed by atoms with Crippen molar-refractivity contribution in [3.05, 3.63) is 207 Å². The summed E-state index contributed by atoms with van der Waals surface area (Å²) < 4.78 is 10.3. The van der Waals surface area contributed by atoms with Gasteiger partial charge in [0, 0.05) is 94.8 Å². The van der Waals surface area contributed by atoms with E-state index in [1.54, 1.807) is 0 Å². The first kappa shape index (κ1) is 37.5. The Labute approximate surface area is 391 Å². The fraction of sp³-hybridized carbons (Fsp3) is 0. The van der Waals surface area contributed by atoms with E-state index in [2.05, 4.69) is 207 Å². The van der Waals surface area contributed by atoms with Crippen LogP contribution >= 0.6 is 45.3 Å². The molecule has 0 saturated carbocycles. The zero-order valence-electron chi connectivity index (χ0n) is 34.7. The van der Waals surface area contributed by atoms with Crippen LogP contribution in [0.3, 0.4) is 0 Å². The standard InChI is InChI=1S/C58H34N2S4Si/c1-3-13-37(14-4-1)65(38-15-5-2-6-16-38,55-23-11-19-41-43-29-35(25-27-51(43)63-57(41)55)47-31-45-39-17-7-9-21-49(39)61-53(45)33-59-47)56-24-12-20-42-44-30-36(26-28-52(44)64-58(42)56)48-32-46-40-18-8-10-22-50(40)62-54(46)34-60-48/h1-34H. The molecule has 0 amide bonds. The zero-order valence-corrected chi connectivity index (χ0v) is 38.9. The summed E-state index contributed by atoms with van der Waals surface area (Å²) in [5, 5.41) is 15.9. The second-order valence-corrected chi connectivity index (χ2v) is 24.8. The summed E-state index contributed by atoms with van der Waals surface area (Å²) in [6.07, 6.45) is 4.11. The van der Waals surface area contributed by atoms with Gasteiger partial charge in [-0.3, -0.25) is 9.97 Å². The number of pyridine rings is 2. The minimum Gasteiger partial charge on any atom is -0.255 e. The van der Waals surface area contributed by atoms with Gasteiger partial charge in [0.2, 0.25) is 0 Å². The molecule has 0 radical (unpaired) electrons. The molecule has 0 spiro atoms. The van der Waals surface area contributed by atoms with Crippen molar-refractivity contribution in [2.24, 2.45) is 0 Å². The first-order valence-electron chi connectivity index (χ1n) is 21.8. The number of fused-ring (bicyclic) bond motifs is 12. The number of nitrogens with zero attached hydrogens (tertiary/aromatic N) is 2. The van der Waals surface area contributed by atoms with E-state index in [0.29, 0.717) is 0 Å². The Bertz CT molecular complexity index is 3930. The lowest BCUT2D eigenvalue weighted by Crippen LogP contribution is -2.74. The van der Waals surface area contributed by atoms with Crippen molar-refractivity contribution in [2.45, 2.75) is 0 Å². The third-order valence-corrected chi connectivity index (χ3v) is 23.2. The summed E-state index contributed by atoms with van der Waals surface area (Å²) in [5.74, 6) is 0. The van der Waals surface area contributed by atoms with Crippen molar-refractivity contribution in [1.29, 1.82) is 0 Å². The summed E-state index contributed by atoms with van der Waals surface area (Å²) in [6.45, 7) is 0. The van der Waals surface area contributed by atoms with Crippen molar-refractivity contribution >= 4 is 155 Å². The van der Waals surface area contributed by atoms with Gasteiger partial charge < -0.3 is 0 Å². The van der Waals surface area contributed by atoms with Crippen LogP contribution < -0.4 is 20.7 Å². The predicted molar refractivity (Wildman–Crippen MR) is 288 cm³/mol. The molecule has 304 valence electrons. The van der Waals surface area contributed by atoms with Crippen LogP contribution in [-0.2, 0) is 0 Å². The molecule has 0 aliphatic heterocycles. The highest BCUT2D eigenvalue weighted by molar-refractivity contribution is 7.33. The fourth-order valence-electron chi connectivity index (χ4n) is 10.4. The molecule has 0 N–H and O–H groups in total. The van der Waals surface area contributed by atoms with Gasteiger partial charge in [0.25, 0.3) is 0 Å². The van der Waals surface area contributed by atoms with E-state index >= 15 is 0 Å². The Kier molecular flexibility index (Phi) is 8.42. The van der Waals surface area contributed by atoms with Gasteiger partial charge in [-0.1, -0.05) is 146 Å². The highest BCUT2D eigenvalue weighted by atomic mass is 32.1. The van der Waals surface area contributed by atoms with E-state index in [1.807, 2.05) is 45.3 Å². The first-order chi connectivity index (χ1) is 32.2. The van der Waals surface area contributed by atoms with E-state index in [0.717, 1.165) is 22.5 Å². The summed E-state index contributed by atoms with van der Waals surface area (Å²) >= 11 is 7.49. The van der Waals surface area contributed by atoms with Crippen molar-refractivity contribution in [1.82, 2.24) is 9.97 Å². The van der Waals surface area contributed by atoms with Crippen LogP contribution in [0.15, 0.2) is 207 Å². The Hall–Kier alpha value is -6.84. The van der Waals surface area contributed by atoms with Gasteiger partial charge in [-0.05, 0) is 69.3 Å². The van der Waals surface area contributed by atoms with Crippen molar-refractivity contribution in [3.63, 3.8) is 0 Å². The van der Waals surface area contributed by atoms with Gasteiger partial charge in [-0.25, -0.2) is 0 Å². The third kappa shape index (κ3) is 5.67. The maximum atomic E-state index is 5.03. The number of hydrogen-bond donors (Lipinski definition) is 0. The Morgan fingerprint density at radius 3 is 1.17 bits per heavy atom. The molecular formula is C58H34N2S4Si. The van der Waals surface area contributed by atoms with Gasteiger partial charge in [0.05, 0.1) is 20.8 Å². The fourth-order valence-corrected chi connectivity index (χ4v) is 20.8. The van der Waals surface area contributed by atoms with Crippen molar-refractivity contribution < 1.29 is 0 Å². The van der Waals surface area contributed by atoms with Gasteiger partial charge in [-0.15, -0.1) is 45.3 Å². The Morgan fingerprint density at radius 1 is 0.292 bits per heavy atom. The van der Waals surface area contributed by atoms with E-state index in [4.69, 9.17) is 9.97 Å². The Balaban J connectivity index is 0.993. The van der Waals surface area contributed by atoms with Gasteiger partial charge in [0.1, 0.15) is 0 Å². The molecule has 0 atom stereocenters. The van der Waals surface area contributed by atoms with Crippen LogP contribution in [0, 0.1) is 0 Å². The molecule has 0 bridgehead atoms. The van der Waals surface area contributed by atoms with Crippen LogP contribution in [0.4, 0.5) is 0 Å². The van der Waals surface area contributed by atoms with Gasteiger partial charge in [0.15, 0.2) is 8.07 Å². The molecular weight excluding hydrogens is 881 g/mol. The second kappa shape index (κ2) is 14.6. The highest BCUT2D eigenvalue weighted by Gasteiger charge is 2.44. The Morgan fingerprint density at radius 2 is 0.692 bits per heavy atom. The SMILES string of the molecule is c1ccc([Si](c2ccccc2)(c2cccc3c2sc2ccc(-c4cc5c(cn4)sc4ccccc45)cc23)c2cccc3c2sc2ccc(-c4cc5c(cn4)sc4ccccc45)cc23)cc1. The van der Waals surface area contributed by atoms with E-state index < -0.39 is 8.07 Å². The number of aromatic nitrogens is 2. The lowest BCUT2D eigenvalue weighted by atomic mass is 10.1. The average Bonchev–Trinajstić information content (AvgIpc) is 4.15. The van der Waals surface area contributed by atoms with Crippen molar-refractivity contribution in [3.8, 4) is 22.5 Å². The van der Waals surface area contributed by atoms with Crippen LogP contribution in [0.1, 0.15) is 0 Å². The third-order valence-electron chi connectivity index (χ3n) is 13.3. The predicted octanol–water partition coefficient (Wildman–Crippen LogP) is 14.7. The van der Waals surface area contributed by atoms with Crippen LogP contribution in [0.2, 0.25) is 0 Å². The van der Waals surface area contributed by atoms with Crippen LogP contribution in [0.25, 0.3) is 103 Å². The van der Waals surface area contributed by atoms with Gasteiger partial charge >= 0.3 is 0 Å². The molecule has 0 aliphatic rings. The number of rotatable bonds is 6. The average molecular weight is 915 g/mol. The molecule has 0 fully saturated rings. The molecule has 6 heterocycles. The maximum Gasteiger partial charge on any atom is 0.182 e. The minimum atomic E-state index is -3.01. The van der Waals surface area contributed by atoms with E-state index in [9.17, 15) is 0 Å². The summed E-state index contributed by atoms with van der Waals surface area (Å²) in [6, 6.07) is 72.9. The summed E-state index contributed by atoms with van der Waals surface area (Å²) in [5.41, 5.74) is 4.29. The van der Waals surface area contributed by atoms with E-state index in [1.165, 1.54) is 101 Å². The molecule has 0 aliphatic carbocycles. The van der Waals surface area contributed by atoms with Crippen molar-refractivity contribution in [2.75, 3.05) is 0 Å². The molecule has 6 aromatic heterocycles. The summed E-state index contributed by atoms with van der Waals surface area (Å²) in [4.78, 5) is 10.1. The molecule has 8 aromatic carbocycles. The first-order valence-corrected chi connectivity index (χ1v) is 27.0. The molecule has 14 aromatic rings. The normalized spacial score (nSPS) is 12.3. The molecule has 2 nitrogen and oxygen atoms in total. The lowest BCUT2D eigenvalue weighted by Gasteiger charge is -2.35. The smallest absolute Gasteiger partial charge is 0.182 e. The number of benzene rings is 8. The molecule has 7 heteroatoms. The molecule has 65 heavy (non-hydrogen) atoms. The lowest BCUT2D eigenvalue weighted by molar-refractivity contribution is 1.37. The monoisotopic (exact) mass is 914 g/mol. The highest BCUT2D eigenvalue weighted by Crippen LogP contribution is 2.41. The largest absolute Gasteiger partial charge is 0.255 e. The zero-order chi connectivity index (χ0) is 42.6. The van der Waals surface area contributed by atoms with Crippen LogP contribution in [0.5, 0.6) is 0 Å². The van der Waals surface area contributed by atoms with Gasteiger partial charge in [-0.2, -0.15) is 0 Å². The molecule has 0 unspecified atom stereocenters. The molecule has 0 saturated heterocycles. The number of thiophene rings is 4. The summed E-state index contributed by atoms with van der Waals surface area (Å²) in [7, 11) is -3.01. The minimum absolute atomic E-state index is 1.01. The van der Waals surface area contributed by atoms with E-state index in [-0.39, 0.29) is 0 Å². The topological polar surface area (TPSA) is 25.8 Å². The number of hydrogen-bond acceptors (Lipinski definition) is 6.